The van der Waals surface area contributed by atoms with E-state index in [9.17, 15) is 5.11 Å². The Morgan fingerprint density at radius 3 is 2.78 bits per heavy atom. The summed E-state index contributed by atoms with van der Waals surface area (Å²) in [7, 11) is 0. The van der Waals surface area contributed by atoms with Crippen LogP contribution < -0.4 is 5.73 Å². The molecule has 2 aromatic rings. The Balaban J connectivity index is 2.20. The zero-order valence-electron chi connectivity index (χ0n) is 10.4. The SMILES string of the molecule is Cc1c2c(cc(O)c1-c1cc(N)on1)CCCC2. The minimum Gasteiger partial charge on any atom is -0.507 e. The zero-order valence-corrected chi connectivity index (χ0v) is 10.4. The Hall–Kier alpha value is -1.97. The third-order valence-electron chi connectivity index (χ3n) is 3.69. The summed E-state index contributed by atoms with van der Waals surface area (Å²) in [4.78, 5) is 0. The molecule has 3 N–H and O–H groups in total. The second kappa shape index (κ2) is 4.05. The Morgan fingerprint density at radius 1 is 1.28 bits per heavy atom. The van der Waals surface area contributed by atoms with E-state index < -0.39 is 0 Å². The fraction of sp³-hybridized carbons (Fsp3) is 0.357. The van der Waals surface area contributed by atoms with Gasteiger partial charge in [0, 0.05) is 11.6 Å². The normalized spacial score (nSPS) is 14.5. The molecule has 1 heterocycles. The number of aromatic nitrogens is 1. The molecule has 0 atom stereocenters. The molecule has 0 aliphatic heterocycles. The molecule has 0 unspecified atom stereocenters. The zero-order chi connectivity index (χ0) is 12.7. The van der Waals surface area contributed by atoms with Gasteiger partial charge in [-0.2, -0.15) is 0 Å². The van der Waals surface area contributed by atoms with Gasteiger partial charge in [0.05, 0.1) is 0 Å². The van der Waals surface area contributed by atoms with Gasteiger partial charge in [0.15, 0.2) is 0 Å². The smallest absolute Gasteiger partial charge is 0.222 e. The van der Waals surface area contributed by atoms with Crippen molar-refractivity contribution in [2.45, 2.75) is 32.6 Å². The second-order valence-corrected chi connectivity index (χ2v) is 4.85. The van der Waals surface area contributed by atoms with E-state index in [-0.39, 0.29) is 11.6 Å². The van der Waals surface area contributed by atoms with Crippen LogP contribution in [0.5, 0.6) is 5.75 Å². The molecule has 0 amide bonds. The number of hydrogen-bond donors (Lipinski definition) is 2. The van der Waals surface area contributed by atoms with Gasteiger partial charge in [0.25, 0.3) is 0 Å². The Kier molecular flexibility index (Phi) is 2.51. The quantitative estimate of drug-likeness (QED) is 0.809. The first kappa shape index (κ1) is 11.1. The summed E-state index contributed by atoms with van der Waals surface area (Å²) in [5.41, 5.74) is 10.6. The van der Waals surface area contributed by atoms with Crippen LogP contribution in [0.1, 0.15) is 29.5 Å². The molecule has 0 spiro atoms. The first-order valence-electron chi connectivity index (χ1n) is 6.23. The van der Waals surface area contributed by atoms with Gasteiger partial charge in [-0.15, -0.1) is 0 Å². The molecule has 0 fully saturated rings. The molecule has 4 nitrogen and oxygen atoms in total. The summed E-state index contributed by atoms with van der Waals surface area (Å²) in [6.45, 7) is 2.03. The summed E-state index contributed by atoms with van der Waals surface area (Å²) in [6, 6.07) is 3.51. The van der Waals surface area contributed by atoms with E-state index in [0.29, 0.717) is 5.69 Å². The lowest BCUT2D eigenvalue weighted by Gasteiger charge is -2.20. The molecule has 94 valence electrons. The number of fused-ring (bicyclic) bond motifs is 1. The van der Waals surface area contributed by atoms with Gasteiger partial charge < -0.3 is 15.4 Å². The number of rotatable bonds is 1. The topological polar surface area (TPSA) is 72.3 Å². The highest BCUT2D eigenvalue weighted by Crippen LogP contribution is 2.38. The fourth-order valence-electron chi connectivity index (χ4n) is 2.83. The van der Waals surface area contributed by atoms with E-state index in [2.05, 4.69) is 5.16 Å². The van der Waals surface area contributed by atoms with Crippen molar-refractivity contribution < 1.29 is 9.63 Å². The highest BCUT2D eigenvalue weighted by molar-refractivity contribution is 5.74. The molecule has 1 aliphatic carbocycles. The van der Waals surface area contributed by atoms with E-state index in [1.807, 2.05) is 13.0 Å². The number of phenolic OH excluding ortho intramolecular Hbond substituents is 1. The molecule has 1 aromatic carbocycles. The predicted octanol–water partition coefficient (Wildman–Crippen LogP) is 2.82. The van der Waals surface area contributed by atoms with E-state index >= 15 is 0 Å². The van der Waals surface area contributed by atoms with Crippen LogP contribution in [0.15, 0.2) is 16.7 Å². The number of benzene rings is 1. The lowest BCUT2D eigenvalue weighted by Crippen LogP contribution is -2.06. The standard InChI is InChI=1S/C14H16N2O2/c1-8-10-5-3-2-4-9(10)6-12(17)14(8)11-7-13(15)18-16-11/h6-7,17H,2-5,15H2,1H3. The highest BCUT2D eigenvalue weighted by Gasteiger charge is 2.20. The van der Waals surface area contributed by atoms with Gasteiger partial charge >= 0.3 is 0 Å². The molecule has 18 heavy (non-hydrogen) atoms. The number of hydrogen-bond acceptors (Lipinski definition) is 4. The Bertz CT molecular complexity index is 602. The average molecular weight is 244 g/mol. The molecule has 0 saturated heterocycles. The number of anilines is 1. The lowest BCUT2D eigenvalue weighted by atomic mass is 9.85. The monoisotopic (exact) mass is 244 g/mol. The number of nitrogens with zero attached hydrogens (tertiary/aromatic N) is 1. The van der Waals surface area contributed by atoms with Crippen LogP contribution in [0.25, 0.3) is 11.3 Å². The summed E-state index contributed by atoms with van der Waals surface area (Å²) in [5.74, 6) is 0.531. The Morgan fingerprint density at radius 2 is 2.06 bits per heavy atom. The van der Waals surface area contributed by atoms with Crippen molar-refractivity contribution in [1.82, 2.24) is 5.16 Å². The second-order valence-electron chi connectivity index (χ2n) is 4.85. The number of aryl methyl sites for hydroxylation is 1. The summed E-state index contributed by atoms with van der Waals surface area (Å²) in [6.07, 6.45) is 4.52. The maximum absolute atomic E-state index is 10.2. The van der Waals surface area contributed by atoms with Crippen LogP contribution >= 0.6 is 0 Å². The highest BCUT2D eigenvalue weighted by atomic mass is 16.5. The van der Waals surface area contributed by atoms with Crippen LogP contribution in [-0.2, 0) is 12.8 Å². The van der Waals surface area contributed by atoms with Crippen LogP contribution in [-0.4, -0.2) is 10.3 Å². The number of phenols is 1. The van der Waals surface area contributed by atoms with Crippen molar-refractivity contribution in [1.29, 1.82) is 0 Å². The lowest BCUT2D eigenvalue weighted by molar-refractivity contribution is 0.437. The maximum atomic E-state index is 10.2. The third kappa shape index (κ3) is 1.65. The third-order valence-corrected chi connectivity index (χ3v) is 3.69. The van der Waals surface area contributed by atoms with Crippen LogP contribution in [0, 0.1) is 6.92 Å². The van der Waals surface area contributed by atoms with Crippen molar-refractivity contribution in [2.24, 2.45) is 0 Å². The first-order chi connectivity index (χ1) is 8.66. The molecule has 0 radical (unpaired) electrons. The average Bonchev–Trinajstić information content (AvgIpc) is 2.76. The van der Waals surface area contributed by atoms with Crippen molar-refractivity contribution in [3.63, 3.8) is 0 Å². The van der Waals surface area contributed by atoms with Crippen LogP contribution in [0.4, 0.5) is 5.88 Å². The van der Waals surface area contributed by atoms with Gasteiger partial charge in [-0.3, -0.25) is 0 Å². The van der Waals surface area contributed by atoms with Gasteiger partial charge in [-0.1, -0.05) is 5.16 Å². The molecule has 1 aliphatic rings. The summed E-state index contributed by atoms with van der Waals surface area (Å²) in [5, 5.41) is 14.1. The van der Waals surface area contributed by atoms with E-state index in [4.69, 9.17) is 10.3 Å². The number of nitrogens with two attached hydrogens (primary N) is 1. The van der Waals surface area contributed by atoms with Gasteiger partial charge in [-0.25, -0.2) is 0 Å². The summed E-state index contributed by atoms with van der Waals surface area (Å²) < 4.78 is 4.89. The molecule has 4 heteroatoms. The summed E-state index contributed by atoms with van der Waals surface area (Å²) >= 11 is 0. The molecule has 3 rings (SSSR count). The predicted molar refractivity (Wildman–Crippen MR) is 69.4 cm³/mol. The molecular weight excluding hydrogens is 228 g/mol. The number of nitrogen functional groups attached to an aromatic ring is 1. The molecular formula is C14H16N2O2. The van der Waals surface area contributed by atoms with Crippen LogP contribution in [0.2, 0.25) is 0 Å². The molecule has 1 aromatic heterocycles. The van der Waals surface area contributed by atoms with Gasteiger partial charge in [0.1, 0.15) is 11.4 Å². The van der Waals surface area contributed by atoms with Gasteiger partial charge in [0.2, 0.25) is 5.88 Å². The van der Waals surface area contributed by atoms with E-state index in [0.717, 1.165) is 24.0 Å². The van der Waals surface area contributed by atoms with Crippen molar-refractivity contribution in [3.05, 3.63) is 28.8 Å². The van der Waals surface area contributed by atoms with Gasteiger partial charge in [-0.05, 0) is 55.4 Å². The van der Waals surface area contributed by atoms with Crippen LogP contribution in [0.3, 0.4) is 0 Å². The maximum Gasteiger partial charge on any atom is 0.222 e. The first-order valence-corrected chi connectivity index (χ1v) is 6.23. The Labute approximate surface area is 105 Å². The fourth-order valence-corrected chi connectivity index (χ4v) is 2.83. The minimum absolute atomic E-state index is 0.265. The van der Waals surface area contributed by atoms with Crippen molar-refractivity contribution in [3.8, 4) is 17.0 Å². The minimum atomic E-state index is 0.265. The van der Waals surface area contributed by atoms with E-state index in [1.54, 1.807) is 6.07 Å². The molecule has 0 bridgehead atoms. The largest absolute Gasteiger partial charge is 0.507 e. The number of aromatic hydroxyl groups is 1. The molecule has 0 saturated carbocycles. The van der Waals surface area contributed by atoms with E-state index in [1.165, 1.54) is 24.0 Å². The van der Waals surface area contributed by atoms with Crippen molar-refractivity contribution in [2.75, 3.05) is 5.73 Å². The van der Waals surface area contributed by atoms with Crippen molar-refractivity contribution >= 4 is 5.88 Å².